The molecule has 3 nitrogen and oxygen atoms in total. The summed E-state index contributed by atoms with van der Waals surface area (Å²) in [6, 6.07) is 16.8. The van der Waals surface area contributed by atoms with Gasteiger partial charge in [0.25, 0.3) is 0 Å². The molecular formula is C21H20N2O. The first-order valence-electron chi connectivity index (χ1n) is 8.35. The van der Waals surface area contributed by atoms with Crippen molar-refractivity contribution in [1.82, 2.24) is 9.78 Å². The maximum absolute atomic E-state index is 12.6. The lowest BCUT2D eigenvalue weighted by molar-refractivity contribution is 0.0964. The number of aryl methyl sites for hydroxylation is 2. The molecule has 0 N–H and O–H groups in total. The second-order valence-electron chi connectivity index (χ2n) is 6.69. The van der Waals surface area contributed by atoms with E-state index in [1.54, 1.807) is 6.20 Å². The average Bonchev–Trinajstić information content (AvgIpc) is 3.01. The molecule has 0 radical (unpaired) electrons. The maximum Gasteiger partial charge on any atom is 0.166 e. The van der Waals surface area contributed by atoms with Crippen LogP contribution in [0.5, 0.6) is 0 Å². The summed E-state index contributed by atoms with van der Waals surface area (Å²) in [6.45, 7) is 4.15. The van der Waals surface area contributed by atoms with E-state index in [-0.39, 0.29) is 11.7 Å². The lowest BCUT2D eigenvalue weighted by atomic mass is 9.82. The Morgan fingerprint density at radius 3 is 2.21 bits per heavy atom. The van der Waals surface area contributed by atoms with Crippen molar-refractivity contribution in [2.45, 2.75) is 32.6 Å². The molecule has 1 atom stereocenters. The fourth-order valence-corrected chi connectivity index (χ4v) is 3.43. The molecule has 1 aliphatic rings. The fourth-order valence-electron chi connectivity index (χ4n) is 3.43. The van der Waals surface area contributed by atoms with Gasteiger partial charge >= 0.3 is 0 Å². The Balaban J connectivity index is 1.73. The van der Waals surface area contributed by atoms with Crippen LogP contribution in [0.4, 0.5) is 0 Å². The second-order valence-corrected chi connectivity index (χ2v) is 6.69. The molecule has 1 aliphatic carbocycles. The molecule has 24 heavy (non-hydrogen) atoms. The lowest BCUT2D eigenvalue weighted by Gasteiger charge is -2.23. The SMILES string of the molecule is Cc1ccc([C@@H]2CC(=O)c3cnn(-c4ccc(C)cc4)c3C2)cc1. The molecule has 0 unspecified atom stereocenters. The van der Waals surface area contributed by atoms with E-state index in [9.17, 15) is 4.79 Å². The third-order valence-corrected chi connectivity index (χ3v) is 4.87. The number of hydrogen-bond acceptors (Lipinski definition) is 2. The fraction of sp³-hybridized carbons (Fsp3) is 0.238. The zero-order valence-corrected chi connectivity index (χ0v) is 14.0. The van der Waals surface area contributed by atoms with Gasteiger partial charge in [-0.1, -0.05) is 47.5 Å². The van der Waals surface area contributed by atoms with E-state index in [0.29, 0.717) is 6.42 Å². The van der Waals surface area contributed by atoms with Crippen LogP contribution >= 0.6 is 0 Å². The predicted molar refractivity (Wildman–Crippen MR) is 94.9 cm³/mol. The van der Waals surface area contributed by atoms with Gasteiger partial charge in [-0.05, 0) is 43.9 Å². The largest absolute Gasteiger partial charge is 0.294 e. The third kappa shape index (κ3) is 2.56. The summed E-state index contributed by atoms with van der Waals surface area (Å²) in [5.41, 5.74) is 6.51. The monoisotopic (exact) mass is 316 g/mol. The number of ketones is 1. The minimum Gasteiger partial charge on any atom is -0.294 e. The van der Waals surface area contributed by atoms with Crippen LogP contribution in [-0.2, 0) is 6.42 Å². The molecule has 3 aromatic rings. The number of hydrogen-bond donors (Lipinski definition) is 0. The van der Waals surface area contributed by atoms with Crippen molar-refractivity contribution >= 4 is 5.78 Å². The summed E-state index contributed by atoms with van der Waals surface area (Å²) < 4.78 is 1.92. The first kappa shape index (κ1) is 14.9. The van der Waals surface area contributed by atoms with Gasteiger partial charge < -0.3 is 0 Å². The summed E-state index contributed by atoms with van der Waals surface area (Å²) in [5, 5.41) is 4.49. The standard InChI is InChI=1S/C21H20N2O/c1-14-3-7-16(8-4-14)17-11-20-19(21(24)12-17)13-22-23(20)18-9-5-15(2)6-10-18/h3-10,13,17H,11-12H2,1-2H3/t17-/m0/s1. The Labute approximate surface area is 141 Å². The van der Waals surface area contributed by atoms with Crippen molar-refractivity contribution in [2.24, 2.45) is 0 Å². The van der Waals surface area contributed by atoms with E-state index in [4.69, 9.17) is 0 Å². The molecule has 0 aliphatic heterocycles. The Morgan fingerprint density at radius 1 is 0.917 bits per heavy atom. The van der Waals surface area contributed by atoms with Crippen LogP contribution in [0.15, 0.2) is 54.7 Å². The third-order valence-electron chi connectivity index (χ3n) is 4.87. The van der Waals surface area contributed by atoms with Crippen molar-refractivity contribution < 1.29 is 4.79 Å². The molecule has 1 heterocycles. The van der Waals surface area contributed by atoms with E-state index in [0.717, 1.165) is 23.4 Å². The number of fused-ring (bicyclic) bond motifs is 1. The number of carbonyl (C=O) groups is 1. The Morgan fingerprint density at radius 2 is 1.54 bits per heavy atom. The summed E-state index contributed by atoms with van der Waals surface area (Å²) in [4.78, 5) is 12.6. The number of nitrogens with zero attached hydrogens (tertiary/aromatic N) is 2. The highest BCUT2D eigenvalue weighted by molar-refractivity contribution is 5.98. The molecule has 2 aromatic carbocycles. The Bertz CT molecular complexity index is 889. The molecule has 0 saturated heterocycles. The van der Waals surface area contributed by atoms with Crippen molar-refractivity contribution in [3.63, 3.8) is 0 Å². The van der Waals surface area contributed by atoms with Gasteiger partial charge in [0.05, 0.1) is 23.1 Å². The number of rotatable bonds is 2. The highest BCUT2D eigenvalue weighted by Gasteiger charge is 2.29. The van der Waals surface area contributed by atoms with Crippen LogP contribution in [0.1, 0.15) is 45.1 Å². The second kappa shape index (κ2) is 5.75. The molecule has 4 rings (SSSR count). The molecule has 1 aromatic heterocycles. The molecule has 0 fully saturated rings. The highest BCUT2D eigenvalue weighted by atomic mass is 16.1. The van der Waals surface area contributed by atoms with Crippen LogP contribution in [0.3, 0.4) is 0 Å². The van der Waals surface area contributed by atoms with Gasteiger partial charge in [-0.3, -0.25) is 4.79 Å². The summed E-state index contributed by atoms with van der Waals surface area (Å²) in [6.07, 6.45) is 3.14. The van der Waals surface area contributed by atoms with Crippen molar-refractivity contribution in [3.05, 3.63) is 82.7 Å². The van der Waals surface area contributed by atoms with Gasteiger partial charge in [0.2, 0.25) is 0 Å². The lowest BCUT2D eigenvalue weighted by Crippen LogP contribution is -2.20. The van der Waals surface area contributed by atoms with Crippen molar-refractivity contribution in [3.8, 4) is 5.69 Å². The van der Waals surface area contributed by atoms with Gasteiger partial charge in [-0.15, -0.1) is 0 Å². The molecule has 120 valence electrons. The first-order valence-corrected chi connectivity index (χ1v) is 8.35. The minimum absolute atomic E-state index is 0.195. The highest BCUT2D eigenvalue weighted by Crippen LogP contribution is 2.33. The number of carbonyl (C=O) groups excluding carboxylic acids is 1. The normalized spacial score (nSPS) is 16.9. The zero-order valence-electron chi connectivity index (χ0n) is 14.0. The van der Waals surface area contributed by atoms with E-state index >= 15 is 0 Å². The van der Waals surface area contributed by atoms with Gasteiger partial charge in [0, 0.05) is 6.42 Å². The van der Waals surface area contributed by atoms with E-state index < -0.39 is 0 Å². The number of aromatic nitrogens is 2. The molecular weight excluding hydrogens is 296 g/mol. The summed E-state index contributed by atoms with van der Waals surface area (Å²) in [7, 11) is 0. The number of Topliss-reactive ketones (excluding diaryl/α,β-unsaturated/α-hetero) is 1. The zero-order chi connectivity index (χ0) is 16.7. The smallest absolute Gasteiger partial charge is 0.166 e. The van der Waals surface area contributed by atoms with Crippen LogP contribution < -0.4 is 0 Å². The van der Waals surface area contributed by atoms with E-state index in [2.05, 4.69) is 67.5 Å². The van der Waals surface area contributed by atoms with Crippen LogP contribution in [0.25, 0.3) is 5.69 Å². The quantitative estimate of drug-likeness (QED) is 0.702. The van der Waals surface area contributed by atoms with Gasteiger partial charge in [-0.25, -0.2) is 4.68 Å². The number of benzene rings is 2. The molecule has 3 heteroatoms. The van der Waals surface area contributed by atoms with E-state index in [1.165, 1.54) is 16.7 Å². The summed E-state index contributed by atoms with van der Waals surface area (Å²) >= 11 is 0. The van der Waals surface area contributed by atoms with Crippen molar-refractivity contribution in [2.75, 3.05) is 0 Å². The Hall–Kier alpha value is -2.68. The van der Waals surface area contributed by atoms with Crippen LogP contribution in [-0.4, -0.2) is 15.6 Å². The first-order chi connectivity index (χ1) is 11.6. The van der Waals surface area contributed by atoms with Crippen LogP contribution in [0, 0.1) is 13.8 Å². The van der Waals surface area contributed by atoms with Gasteiger partial charge in [-0.2, -0.15) is 5.10 Å². The van der Waals surface area contributed by atoms with E-state index in [1.807, 2.05) is 4.68 Å². The molecule has 0 spiro atoms. The predicted octanol–water partition coefficient (Wildman–Crippen LogP) is 4.40. The van der Waals surface area contributed by atoms with Gasteiger partial charge in [0.15, 0.2) is 5.78 Å². The van der Waals surface area contributed by atoms with Gasteiger partial charge in [0.1, 0.15) is 0 Å². The minimum atomic E-state index is 0.195. The topological polar surface area (TPSA) is 34.9 Å². The van der Waals surface area contributed by atoms with Crippen LogP contribution in [0.2, 0.25) is 0 Å². The molecule has 0 amide bonds. The molecule has 0 saturated carbocycles. The maximum atomic E-state index is 12.6. The summed E-state index contributed by atoms with van der Waals surface area (Å²) in [5.74, 6) is 0.423. The Kier molecular flexibility index (Phi) is 3.57. The molecule has 0 bridgehead atoms. The van der Waals surface area contributed by atoms with Crippen molar-refractivity contribution in [1.29, 1.82) is 0 Å². The average molecular weight is 316 g/mol.